The number of anilines is 1. The van der Waals surface area contributed by atoms with Gasteiger partial charge in [0.2, 0.25) is 0 Å². The van der Waals surface area contributed by atoms with Crippen molar-refractivity contribution >= 4 is 21.6 Å². The fraction of sp³-hybridized carbons (Fsp3) is 0.333. The van der Waals surface area contributed by atoms with Crippen molar-refractivity contribution in [2.24, 2.45) is 0 Å². The second-order valence-corrected chi connectivity index (χ2v) is 2.75. The first-order valence-corrected chi connectivity index (χ1v) is 4.62. The minimum absolute atomic E-state index is 0.708. The van der Waals surface area contributed by atoms with E-state index < -0.39 is 0 Å². The van der Waals surface area contributed by atoms with Gasteiger partial charge in [-0.3, -0.25) is 0 Å². The molecule has 0 saturated heterocycles. The van der Waals surface area contributed by atoms with Crippen LogP contribution in [-0.2, 0) is 0 Å². The molecule has 3 heteroatoms. The van der Waals surface area contributed by atoms with Crippen LogP contribution in [0.25, 0.3) is 0 Å². The highest BCUT2D eigenvalue weighted by atomic mass is 79.9. The van der Waals surface area contributed by atoms with E-state index >= 15 is 0 Å². The zero-order valence-corrected chi connectivity index (χ0v) is 9.18. The van der Waals surface area contributed by atoms with Crippen molar-refractivity contribution in [3.8, 4) is 5.75 Å². The van der Waals surface area contributed by atoms with Crippen LogP contribution in [0.4, 0.5) is 5.69 Å². The number of nitrogen functional groups attached to an aromatic ring is 1. The molecule has 0 aliphatic rings. The molecule has 0 aliphatic heterocycles. The lowest BCUT2D eigenvalue weighted by atomic mass is 10.3. The third-order valence-corrected chi connectivity index (χ3v) is 1.83. The Morgan fingerprint density at radius 1 is 1.33 bits per heavy atom. The average Bonchev–Trinajstić information content (AvgIpc) is 2.13. The van der Waals surface area contributed by atoms with E-state index in [9.17, 15) is 0 Å². The lowest BCUT2D eigenvalue weighted by Gasteiger charge is -2.02. The van der Waals surface area contributed by atoms with Crippen molar-refractivity contribution in [2.45, 2.75) is 13.8 Å². The molecule has 0 saturated carbocycles. The Kier molecular flexibility index (Phi) is 5.54. The number of methoxy groups -OCH3 is 1. The second kappa shape index (κ2) is 5.89. The maximum Gasteiger partial charge on any atom is 0.135 e. The highest BCUT2D eigenvalue weighted by Crippen LogP contribution is 2.26. The Labute approximate surface area is 81.9 Å². The first kappa shape index (κ1) is 11.3. The summed E-state index contributed by atoms with van der Waals surface area (Å²) in [5, 5.41) is 0. The molecule has 0 fully saturated rings. The van der Waals surface area contributed by atoms with E-state index in [4.69, 9.17) is 10.5 Å². The predicted octanol–water partition coefficient (Wildman–Crippen LogP) is 3.07. The molecule has 68 valence electrons. The van der Waals surface area contributed by atoms with Gasteiger partial charge in [0.05, 0.1) is 11.6 Å². The molecule has 2 N–H and O–H groups in total. The zero-order chi connectivity index (χ0) is 9.56. The van der Waals surface area contributed by atoms with Crippen molar-refractivity contribution in [1.82, 2.24) is 0 Å². The van der Waals surface area contributed by atoms with Crippen LogP contribution >= 0.6 is 15.9 Å². The quantitative estimate of drug-likeness (QED) is 0.755. The molecule has 0 unspecified atom stereocenters. The molecule has 0 amide bonds. The van der Waals surface area contributed by atoms with E-state index in [1.165, 1.54) is 0 Å². The van der Waals surface area contributed by atoms with Gasteiger partial charge in [0.25, 0.3) is 0 Å². The summed E-state index contributed by atoms with van der Waals surface area (Å²) >= 11 is 3.31. The van der Waals surface area contributed by atoms with E-state index in [1.807, 2.05) is 26.0 Å². The molecule has 0 spiro atoms. The van der Waals surface area contributed by atoms with Gasteiger partial charge in [-0.05, 0) is 28.1 Å². The van der Waals surface area contributed by atoms with Crippen molar-refractivity contribution < 1.29 is 4.74 Å². The Hall–Kier alpha value is -0.700. The van der Waals surface area contributed by atoms with Crippen molar-refractivity contribution in [3.05, 3.63) is 22.7 Å². The molecule has 0 heterocycles. The molecular formula is C9H14BrNO. The van der Waals surface area contributed by atoms with Gasteiger partial charge in [-0.2, -0.15) is 0 Å². The van der Waals surface area contributed by atoms with Gasteiger partial charge in [0.15, 0.2) is 0 Å². The maximum absolute atomic E-state index is 5.50. The van der Waals surface area contributed by atoms with Crippen LogP contribution in [0.5, 0.6) is 5.75 Å². The fourth-order valence-electron chi connectivity index (χ4n) is 0.676. The number of hydrogen-bond donors (Lipinski definition) is 1. The molecule has 1 aromatic rings. The number of ether oxygens (including phenoxy) is 1. The first-order chi connectivity index (χ1) is 5.74. The van der Waals surface area contributed by atoms with Gasteiger partial charge in [0, 0.05) is 11.8 Å². The topological polar surface area (TPSA) is 35.2 Å². The largest absolute Gasteiger partial charge is 0.495 e. The number of hydrogen-bond acceptors (Lipinski definition) is 2. The zero-order valence-electron chi connectivity index (χ0n) is 7.60. The van der Waals surface area contributed by atoms with E-state index in [0.717, 1.165) is 10.2 Å². The van der Waals surface area contributed by atoms with Gasteiger partial charge in [-0.1, -0.05) is 13.8 Å². The van der Waals surface area contributed by atoms with Crippen LogP contribution in [0.15, 0.2) is 22.7 Å². The maximum atomic E-state index is 5.50. The molecule has 0 aromatic heterocycles. The normalized spacial score (nSPS) is 8.33. The van der Waals surface area contributed by atoms with Crippen molar-refractivity contribution in [1.29, 1.82) is 0 Å². The van der Waals surface area contributed by atoms with Gasteiger partial charge in [-0.25, -0.2) is 0 Å². The van der Waals surface area contributed by atoms with Crippen LogP contribution in [-0.4, -0.2) is 7.11 Å². The summed E-state index contributed by atoms with van der Waals surface area (Å²) in [6.45, 7) is 4.00. The number of halogens is 1. The minimum Gasteiger partial charge on any atom is -0.495 e. The standard InChI is InChI=1S/C7H8BrNO.C2H6/c1-10-7-4-5(9)2-3-6(7)8;1-2/h2-4H,9H2,1H3;1-2H3. The summed E-state index contributed by atoms with van der Waals surface area (Å²) in [5.41, 5.74) is 6.21. The Balaban J connectivity index is 0.000000561. The van der Waals surface area contributed by atoms with Crippen molar-refractivity contribution in [3.63, 3.8) is 0 Å². The monoisotopic (exact) mass is 231 g/mol. The smallest absolute Gasteiger partial charge is 0.135 e. The highest BCUT2D eigenvalue weighted by Gasteiger charge is 1.97. The van der Waals surface area contributed by atoms with Gasteiger partial charge in [0.1, 0.15) is 5.75 Å². The summed E-state index contributed by atoms with van der Waals surface area (Å²) in [4.78, 5) is 0. The molecule has 0 radical (unpaired) electrons. The van der Waals surface area contributed by atoms with Crippen LogP contribution in [0.3, 0.4) is 0 Å². The summed E-state index contributed by atoms with van der Waals surface area (Å²) < 4.78 is 5.92. The first-order valence-electron chi connectivity index (χ1n) is 3.83. The molecule has 1 aromatic carbocycles. The number of nitrogens with two attached hydrogens (primary N) is 1. The van der Waals surface area contributed by atoms with Gasteiger partial charge < -0.3 is 10.5 Å². The summed E-state index contributed by atoms with van der Waals surface area (Å²) in [6.07, 6.45) is 0. The van der Waals surface area contributed by atoms with E-state index in [0.29, 0.717) is 5.69 Å². The minimum atomic E-state index is 0.708. The van der Waals surface area contributed by atoms with E-state index in [2.05, 4.69) is 15.9 Å². The third-order valence-electron chi connectivity index (χ3n) is 1.18. The Morgan fingerprint density at radius 2 is 1.92 bits per heavy atom. The van der Waals surface area contributed by atoms with Crippen LogP contribution in [0, 0.1) is 0 Å². The van der Waals surface area contributed by atoms with Gasteiger partial charge in [-0.15, -0.1) is 0 Å². The Bertz CT molecular complexity index is 238. The third kappa shape index (κ3) is 3.13. The van der Waals surface area contributed by atoms with Crippen LogP contribution in [0.2, 0.25) is 0 Å². The lowest BCUT2D eigenvalue weighted by Crippen LogP contribution is -1.88. The van der Waals surface area contributed by atoms with E-state index in [1.54, 1.807) is 13.2 Å². The second-order valence-electron chi connectivity index (χ2n) is 1.89. The van der Waals surface area contributed by atoms with Crippen LogP contribution in [0.1, 0.15) is 13.8 Å². The fourth-order valence-corrected chi connectivity index (χ4v) is 1.08. The highest BCUT2D eigenvalue weighted by molar-refractivity contribution is 9.10. The average molecular weight is 232 g/mol. The van der Waals surface area contributed by atoms with Gasteiger partial charge >= 0.3 is 0 Å². The molecule has 0 bridgehead atoms. The summed E-state index contributed by atoms with van der Waals surface area (Å²) in [5.74, 6) is 0.764. The molecular weight excluding hydrogens is 218 g/mol. The number of rotatable bonds is 1. The molecule has 2 nitrogen and oxygen atoms in total. The van der Waals surface area contributed by atoms with Crippen molar-refractivity contribution in [2.75, 3.05) is 12.8 Å². The SMILES string of the molecule is CC.COc1cc(N)ccc1Br. The summed E-state index contributed by atoms with van der Waals surface area (Å²) in [7, 11) is 1.61. The predicted molar refractivity (Wildman–Crippen MR) is 56.5 cm³/mol. The van der Waals surface area contributed by atoms with E-state index in [-0.39, 0.29) is 0 Å². The molecule has 0 aliphatic carbocycles. The summed E-state index contributed by atoms with van der Waals surface area (Å²) in [6, 6.07) is 5.44. The molecule has 12 heavy (non-hydrogen) atoms. The lowest BCUT2D eigenvalue weighted by molar-refractivity contribution is 0.412. The van der Waals surface area contributed by atoms with Crippen LogP contribution < -0.4 is 10.5 Å². The Morgan fingerprint density at radius 3 is 2.33 bits per heavy atom. The molecule has 1 rings (SSSR count). The number of benzene rings is 1. The molecule has 0 atom stereocenters.